The zero-order chi connectivity index (χ0) is 25.4. The zero-order valence-corrected chi connectivity index (χ0v) is 20.4. The molecule has 2 aromatic carbocycles. The highest BCUT2D eigenvalue weighted by Gasteiger charge is 2.29. The lowest BCUT2D eigenvalue weighted by Gasteiger charge is -2.36. The SMILES string of the molecule is Cc1ccc(N2CCN(C(=O)CN3N=C(c4nc(-c5ccc6c(c5)OCO6)no4)CCC3=O)CC2)cc1. The quantitative estimate of drug-likeness (QED) is 0.523. The molecule has 0 aliphatic carbocycles. The fourth-order valence-corrected chi connectivity index (χ4v) is 4.57. The number of rotatable bonds is 5. The second-order valence-corrected chi connectivity index (χ2v) is 9.19. The molecular formula is C26H26N6O5. The largest absolute Gasteiger partial charge is 0.454 e. The van der Waals surface area contributed by atoms with Gasteiger partial charge in [0.1, 0.15) is 12.3 Å². The van der Waals surface area contributed by atoms with E-state index >= 15 is 0 Å². The normalized spacial score (nSPS) is 17.3. The Bertz CT molecular complexity index is 1360. The molecule has 190 valence electrons. The maximum absolute atomic E-state index is 13.0. The third-order valence-corrected chi connectivity index (χ3v) is 6.73. The van der Waals surface area contributed by atoms with Gasteiger partial charge in [-0.15, -0.1) is 0 Å². The predicted octanol–water partition coefficient (Wildman–Crippen LogP) is 2.45. The summed E-state index contributed by atoms with van der Waals surface area (Å²) < 4.78 is 16.2. The topological polar surface area (TPSA) is 114 Å². The first-order valence-corrected chi connectivity index (χ1v) is 12.2. The molecule has 0 saturated carbocycles. The number of nitrogens with zero attached hydrogens (tertiary/aromatic N) is 6. The summed E-state index contributed by atoms with van der Waals surface area (Å²) in [5.74, 6) is 1.55. The lowest BCUT2D eigenvalue weighted by atomic mass is 10.1. The van der Waals surface area contributed by atoms with E-state index in [0.29, 0.717) is 48.1 Å². The molecule has 0 atom stereocenters. The third kappa shape index (κ3) is 4.72. The van der Waals surface area contributed by atoms with Crippen molar-refractivity contribution in [2.75, 3.05) is 44.4 Å². The summed E-state index contributed by atoms with van der Waals surface area (Å²) in [6, 6.07) is 13.8. The lowest BCUT2D eigenvalue weighted by molar-refractivity contribution is -0.141. The number of hydrogen-bond donors (Lipinski definition) is 0. The van der Waals surface area contributed by atoms with Crippen LogP contribution in [-0.4, -0.2) is 77.1 Å². The molecule has 11 nitrogen and oxygen atoms in total. The van der Waals surface area contributed by atoms with Crippen LogP contribution in [0, 0.1) is 6.92 Å². The first kappa shape index (κ1) is 23.0. The van der Waals surface area contributed by atoms with Crippen LogP contribution in [0.3, 0.4) is 0 Å². The van der Waals surface area contributed by atoms with Crippen molar-refractivity contribution in [2.24, 2.45) is 5.10 Å². The van der Waals surface area contributed by atoms with Gasteiger partial charge >= 0.3 is 0 Å². The van der Waals surface area contributed by atoms with Crippen molar-refractivity contribution in [3.8, 4) is 22.9 Å². The van der Waals surface area contributed by atoms with Gasteiger partial charge in [0, 0.05) is 50.3 Å². The third-order valence-electron chi connectivity index (χ3n) is 6.73. The van der Waals surface area contributed by atoms with Crippen LogP contribution in [-0.2, 0) is 9.59 Å². The molecule has 37 heavy (non-hydrogen) atoms. The molecule has 0 radical (unpaired) electrons. The Hall–Kier alpha value is -4.41. The molecule has 11 heteroatoms. The van der Waals surface area contributed by atoms with E-state index in [1.165, 1.54) is 10.6 Å². The summed E-state index contributed by atoms with van der Waals surface area (Å²) in [6.45, 7) is 4.78. The standard InChI is InChI=1S/C26H26N6O5/c1-17-2-5-19(6-3-17)30-10-12-31(13-11-30)24(34)15-32-23(33)9-7-20(28-32)26-27-25(29-37-26)18-4-8-21-22(14-18)36-16-35-21/h2-6,8,14H,7,9-13,15-16H2,1H3. The van der Waals surface area contributed by atoms with Crippen LogP contribution in [0.25, 0.3) is 11.4 Å². The van der Waals surface area contributed by atoms with Crippen LogP contribution in [0.2, 0.25) is 0 Å². The van der Waals surface area contributed by atoms with E-state index in [1.807, 2.05) is 6.07 Å². The highest BCUT2D eigenvalue weighted by atomic mass is 16.7. The van der Waals surface area contributed by atoms with E-state index in [9.17, 15) is 9.59 Å². The Balaban J connectivity index is 1.10. The van der Waals surface area contributed by atoms with E-state index in [-0.39, 0.29) is 37.5 Å². The number of benzene rings is 2. The van der Waals surface area contributed by atoms with Gasteiger partial charge < -0.3 is 23.8 Å². The van der Waals surface area contributed by atoms with Gasteiger partial charge in [0.05, 0.1) is 0 Å². The summed E-state index contributed by atoms with van der Waals surface area (Å²) in [7, 11) is 0. The number of fused-ring (bicyclic) bond motifs is 1. The molecule has 1 aromatic heterocycles. The number of amides is 2. The molecule has 0 unspecified atom stereocenters. The van der Waals surface area contributed by atoms with Crippen molar-refractivity contribution in [2.45, 2.75) is 19.8 Å². The van der Waals surface area contributed by atoms with Gasteiger partial charge in [-0.25, -0.2) is 5.01 Å². The van der Waals surface area contributed by atoms with Gasteiger partial charge in [-0.1, -0.05) is 22.9 Å². The average molecular weight is 503 g/mol. The number of carbonyl (C=O) groups excluding carboxylic acids is 2. The highest BCUT2D eigenvalue weighted by molar-refractivity contribution is 6.01. The van der Waals surface area contributed by atoms with Crippen molar-refractivity contribution in [1.82, 2.24) is 20.0 Å². The molecule has 0 N–H and O–H groups in total. The average Bonchev–Trinajstić information content (AvgIpc) is 3.60. The number of hydrogen-bond acceptors (Lipinski definition) is 9. The molecule has 0 spiro atoms. The predicted molar refractivity (Wildman–Crippen MR) is 133 cm³/mol. The van der Waals surface area contributed by atoms with Gasteiger partial charge in [-0.3, -0.25) is 9.59 Å². The first-order chi connectivity index (χ1) is 18.0. The number of anilines is 1. The Morgan fingerprint density at radius 3 is 2.57 bits per heavy atom. The number of hydrazone groups is 1. The Morgan fingerprint density at radius 1 is 0.973 bits per heavy atom. The summed E-state index contributed by atoms with van der Waals surface area (Å²) >= 11 is 0. The molecule has 1 fully saturated rings. The molecule has 0 bridgehead atoms. The molecule has 2 amide bonds. The molecule has 6 rings (SSSR count). The summed E-state index contributed by atoms with van der Waals surface area (Å²) in [5, 5.41) is 9.68. The number of aryl methyl sites for hydroxylation is 1. The number of ether oxygens (including phenoxy) is 2. The van der Waals surface area contributed by atoms with Crippen LogP contribution >= 0.6 is 0 Å². The van der Waals surface area contributed by atoms with E-state index in [2.05, 4.69) is 51.3 Å². The smallest absolute Gasteiger partial charge is 0.274 e. The van der Waals surface area contributed by atoms with Crippen molar-refractivity contribution in [3.05, 3.63) is 53.9 Å². The highest BCUT2D eigenvalue weighted by Crippen LogP contribution is 2.35. The van der Waals surface area contributed by atoms with Crippen molar-refractivity contribution in [3.63, 3.8) is 0 Å². The summed E-state index contributed by atoms with van der Waals surface area (Å²) in [5.41, 5.74) is 3.56. The Kier molecular flexibility index (Phi) is 5.95. The van der Waals surface area contributed by atoms with Crippen molar-refractivity contribution >= 4 is 23.2 Å². The first-order valence-electron chi connectivity index (χ1n) is 12.2. The second-order valence-electron chi connectivity index (χ2n) is 9.19. The molecule has 4 heterocycles. The minimum Gasteiger partial charge on any atom is -0.454 e. The van der Waals surface area contributed by atoms with Crippen LogP contribution < -0.4 is 14.4 Å². The molecule has 1 saturated heterocycles. The van der Waals surface area contributed by atoms with E-state index in [1.54, 1.807) is 17.0 Å². The number of carbonyl (C=O) groups is 2. The van der Waals surface area contributed by atoms with E-state index in [0.717, 1.165) is 18.8 Å². The minimum absolute atomic E-state index is 0.115. The molecule has 3 aliphatic rings. The van der Waals surface area contributed by atoms with Crippen LogP contribution in [0.15, 0.2) is 52.1 Å². The van der Waals surface area contributed by atoms with Crippen LogP contribution in [0.5, 0.6) is 11.5 Å². The maximum Gasteiger partial charge on any atom is 0.274 e. The minimum atomic E-state index is -0.203. The zero-order valence-electron chi connectivity index (χ0n) is 20.4. The van der Waals surface area contributed by atoms with Crippen LogP contribution in [0.1, 0.15) is 24.3 Å². The Labute approximate surface area is 213 Å². The summed E-state index contributed by atoms with van der Waals surface area (Å²) in [4.78, 5) is 34.0. The van der Waals surface area contributed by atoms with E-state index < -0.39 is 0 Å². The molecular weight excluding hydrogens is 476 g/mol. The van der Waals surface area contributed by atoms with E-state index in [4.69, 9.17) is 14.0 Å². The lowest BCUT2D eigenvalue weighted by Crippen LogP contribution is -2.51. The van der Waals surface area contributed by atoms with Crippen molar-refractivity contribution in [1.29, 1.82) is 0 Å². The number of aromatic nitrogens is 2. The van der Waals surface area contributed by atoms with Gasteiger partial charge in [0.15, 0.2) is 11.5 Å². The molecule has 3 aromatic rings. The van der Waals surface area contributed by atoms with Gasteiger partial charge in [-0.2, -0.15) is 10.1 Å². The van der Waals surface area contributed by atoms with Crippen molar-refractivity contribution < 1.29 is 23.6 Å². The fraction of sp³-hybridized carbons (Fsp3) is 0.346. The Morgan fingerprint density at radius 2 is 1.76 bits per heavy atom. The van der Waals surface area contributed by atoms with Gasteiger partial charge in [-0.05, 0) is 37.3 Å². The molecule has 3 aliphatic heterocycles. The summed E-state index contributed by atoms with van der Waals surface area (Å²) in [6.07, 6.45) is 0.580. The number of piperazine rings is 1. The second kappa shape index (κ2) is 9.57. The van der Waals surface area contributed by atoms with Crippen LogP contribution in [0.4, 0.5) is 5.69 Å². The van der Waals surface area contributed by atoms with Gasteiger partial charge in [0.25, 0.3) is 5.89 Å². The van der Waals surface area contributed by atoms with Gasteiger partial charge in [0.2, 0.25) is 24.4 Å². The maximum atomic E-state index is 13.0. The monoisotopic (exact) mass is 502 g/mol. The fourth-order valence-electron chi connectivity index (χ4n) is 4.57.